The first-order valence-electron chi connectivity index (χ1n) is 6.12. The van der Waals surface area contributed by atoms with Gasteiger partial charge in [0.1, 0.15) is 0 Å². The Labute approximate surface area is 138 Å². The third-order valence-electron chi connectivity index (χ3n) is 2.26. The second kappa shape index (κ2) is 26.4. The topological polar surface area (TPSA) is 75.8 Å². The summed E-state index contributed by atoms with van der Waals surface area (Å²) in [5.41, 5.74) is 0. The van der Waals surface area contributed by atoms with E-state index >= 15 is 0 Å². The zero-order chi connectivity index (χ0) is 13.9. The van der Waals surface area contributed by atoms with E-state index in [9.17, 15) is 0 Å². The second-order valence-electron chi connectivity index (χ2n) is 3.65. The Kier molecular flexibility index (Phi) is 33.2. The van der Waals surface area contributed by atoms with Gasteiger partial charge in [0.2, 0.25) is 0 Å². The fourth-order valence-electron chi connectivity index (χ4n) is 1.47. The van der Waals surface area contributed by atoms with Crippen LogP contribution >= 0.6 is 0 Å². The van der Waals surface area contributed by atoms with Gasteiger partial charge in [0, 0.05) is 16.8 Å². The molecule has 0 atom stereocenters. The molecule has 0 aromatic heterocycles. The van der Waals surface area contributed by atoms with Crippen LogP contribution in [0.4, 0.5) is 0 Å². The van der Waals surface area contributed by atoms with Crippen LogP contribution in [-0.4, -0.2) is 26.2 Å². The van der Waals surface area contributed by atoms with Crippen molar-refractivity contribution in [2.45, 2.75) is 38.5 Å². The van der Waals surface area contributed by atoms with Gasteiger partial charge in [-0.15, -0.1) is 26.2 Å². The van der Waals surface area contributed by atoms with Gasteiger partial charge in [-0.25, -0.2) is 10.5 Å². The minimum atomic E-state index is 0. The summed E-state index contributed by atoms with van der Waals surface area (Å²) in [4.78, 5) is 0. The molecule has 2 aliphatic heterocycles. The van der Waals surface area contributed by atoms with Gasteiger partial charge in [-0.1, -0.05) is 49.3 Å². The van der Waals surface area contributed by atoms with Crippen molar-refractivity contribution in [3.63, 3.8) is 0 Å². The molecule has 2 aliphatic rings. The van der Waals surface area contributed by atoms with Crippen LogP contribution in [0.5, 0.6) is 0 Å². The summed E-state index contributed by atoms with van der Waals surface area (Å²) in [5, 5.41) is 25.3. The van der Waals surface area contributed by atoms with E-state index < -0.39 is 0 Å². The first-order chi connectivity index (χ1) is 8.83. The molecule has 0 aliphatic carbocycles. The average Bonchev–Trinajstić information content (AvgIpc) is 2.45. The maximum Gasteiger partial charge on any atom is 0 e. The molecule has 19 heavy (non-hydrogen) atoms. The van der Waals surface area contributed by atoms with Crippen molar-refractivity contribution in [1.82, 2.24) is 0 Å². The van der Waals surface area contributed by atoms with Crippen LogP contribution in [0.2, 0.25) is 0 Å². The van der Waals surface area contributed by atoms with Crippen LogP contribution in [0, 0.1) is 21.3 Å². The Hall–Kier alpha value is -0.154. The zero-order valence-electron chi connectivity index (χ0n) is 11.0. The van der Waals surface area contributed by atoms with Gasteiger partial charge in [0.25, 0.3) is 0 Å². The fraction of sp³-hybridized carbons (Fsp3) is 0.833. The minimum absolute atomic E-state index is 0. The molecule has 2 fully saturated rings. The molecule has 1 radical (unpaired) electrons. The number of nitrogens with zero attached hydrogens (tertiary/aromatic N) is 4. The van der Waals surface area contributed by atoms with Crippen molar-refractivity contribution >= 4 is 25.3 Å². The largest absolute Gasteiger partial charge is 0.696 e. The molecule has 2 heterocycles. The van der Waals surface area contributed by atoms with Crippen molar-refractivity contribution in [3.05, 3.63) is 10.6 Å². The molecule has 113 valence electrons. The number of hydrogen-bond donors (Lipinski definition) is 0. The van der Waals surface area contributed by atoms with Gasteiger partial charge in [0.05, 0.1) is 0 Å². The van der Waals surface area contributed by atoms with Crippen LogP contribution in [0.15, 0.2) is 0 Å². The fourth-order valence-corrected chi connectivity index (χ4v) is 1.47. The summed E-state index contributed by atoms with van der Waals surface area (Å²) in [5.74, 6) is 0. The van der Waals surface area contributed by atoms with E-state index in [0.29, 0.717) is 0 Å². The molecule has 0 aromatic carbocycles. The van der Waals surface area contributed by atoms with Gasteiger partial charge in [-0.2, -0.15) is 0 Å². The van der Waals surface area contributed by atoms with E-state index in [1.165, 1.54) is 49.3 Å². The SMILES string of the molecule is C1CC[N-]CC1.C1CC[N-]CC1.N#C[S-].N#C[S-].[Co]. The van der Waals surface area contributed by atoms with Crippen LogP contribution in [0.1, 0.15) is 38.5 Å². The number of piperidine rings is 2. The molecule has 2 saturated heterocycles. The minimum Gasteiger partial charge on any atom is -0.696 e. The van der Waals surface area contributed by atoms with Gasteiger partial charge in [-0.05, 0) is 0 Å². The quantitative estimate of drug-likeness (QED) is 0.500. The molecule has 0 saturated carbocycles. The molecule has 0 unspecified atom stereocenters. The van der Waals surface area contributed by atoms with Crippen molar-refractivity contribution < 1.29 is 16.8 Å². The van der Waals surface area contributed by atoms with Gasteiger partial charge in [0.15, 0.2) is 0 Å². The van der Waals surface area contributed by atoms with E-state index in [0.717, 1.165) is 26.2 Å². The molecule has 0 N–H and O–H groups in total. The van der Waals surface area contributed by atoms with Crippen molar-refractivity contribution in [2.75, 3.05) is 26.2 Å². The van der Waals surface area contributed by atoms with E-state index in [4.69, 9.17) is 10.5 Å². The molecule has 2 rings (SSSR count). The number of hydrogen-bond acceptors (Lipinski definition) is 4. The van der Waals surface area contributed by atoms with Crippen molar-refractivity contribution in [1.29, 1.82) is 10.5 Å². The molecule has 0 spiro atoms. The maximum absolute atomic E-state index is 7.13. The molecule has 4 nitrogen and oxygen atoms in total. The van der Waals surface area contributed by atoms with E-state index in [-0.39, 0.29) is 16.8 Å². The van der Waals surface area contributed by atoms with Crippen molar-refractivity contribution in [2.24, 2.45) is 0 Å². The predicted octanol–water partition coefficient (Wildman–Crippen LogP) is 3.11. The number of rotatable bonds is 0. The first-order valence-corrected chi connectivity index (χ1v) is 6.94. The van der Waals surface area contributed by atoms with Crippen LogP contribution in [-0.2, 0) is 42.0 Å². The summed E-state index contributed by atoms with van der Waals surface area (Å²) in [6.45, 7) is 4.50. The summed E-state index contributed by atoms with van der Waals surface area (Å²) in [6, 6.07) is 0. The van der Waals surface area contributed by atoms with Crippen LogP contribution in [0.25, 0.3) is 10.6 Å². The smallest absolute Gasteiger partial charge is 0 e. The second-order valence-corrected chi connectivity index (χ2v) is 4.01. The summed E-state index contributed by atoms with van der Waals surface area (Å²) >= 11 is 7.40. The molecule has 0 aromatic rings. The Morgan fingerprint density at radius 2 is 0.842 bits per heavy atom. The Morgan fingerprint density at radius 3 is 0.895 bits per heavy atom. The average molecular weight is 343 g/mol. The Morgan fingerprint density at radius 1 is 0.632 bits per heavy atom. The monoisotopic (exact) mass is 343 g/mol. The number of nitriles is 2. The summed E-state index contributed by atoms with van der Waals surface area (Å²) in [7, 11) is 0. The van der Waals surface area contributed by atoms with Crippen LogP contribution < -0.4 is 0 Å². The molecule has 7 heteroatoms. The van der Waals surface area contributed by atoms with E-state index in [1.54, 1.807) is 0 Å². The maximum atomic E-state index is 7.13. The van der Waals surface area contributed by atoms with Crippen LogP contribution in [0.3, 0.4) is 0 Å². The zero-order valence-corrected chi connectivity index (χ0v) is 13.7. The Balaban J connectivity index is -0.000000188. The number of thiocyanates is 2. The third kappa shape index (κ3) is 31.9. The molecule has 0 amide bonds. The van der Waals surface area contributed by atoms with Crippen molar-refractivity contribution in [3.8, 4) is 10.8 Å². The summed E-state index contributed by atoms with van der Waals surface area (Å²) in [6.07, 6.45) is 8.15. The Bertz CT molecular complexity index is 174. The third-order valence-corrected chi connectivity index (χ3v) is 2.26. The molecular formula is C12H20CoN4S2-4. The summed E-state index contributed by atoms with van der Waals surface area (Å²) < 4.78 is 0. The first kappa shape index (κ1) is 23.9. The molecule has 0 bridgehead atoms. The van der Waals surface area contributed by atoms with E-state index in [2.05, 4.69) is 35.9 Å². The normalized spacial score (nSPS) is 15.9. The standard InChI is InChI=1S/2C5H10N.2CHNS.Co/c2*1-2-4-6-5-3-1;2*2-1-3;/h2*1-5H2;2*3H;/q2*-1;;;/p-2. The van der Waals surface area contributed by atoms with Gasteiger partial charge >= 0.3 is 0 Å². The van der Waals surface area contributed by atoms with Gasteiger partial charge < -0.3 is 35.9 Å². The van der Waals surface area contributed by atoms with E-state index in [1.807, 2.05) is 0 Å². The molecular weight excluding hydrogens is 323 g/mol. The predicted molar refractivity (Wildman–Crippen MR) is 79.8 cm³/mol. The van der Waals surface area contributed by atoms with Gasteiger partial charge in [-0.3, -0.25) is 0 Å².